The van der Waals surface area contributed by atoms with Crippen molar-refractivity contribution in [1.82, 2.24) is 15.6 Å². The molecule has 2 aromatic carbocycles. The molecule has 1 fully saturated rings. The number of hydrogen-bond donors (Lipinski definition) is 3. The average Bonchev–Trinajstić information content (AvgIpc) is 3.23. The SMILES string of the molecule is CNC(=O)c1ccc(C(F)c2cccc3[nH]cc(C(=O)NC4(C)CCOCC4)c23)cc1. The summed E-state index contributed by atoms with van der Waals surface area (Å²) in [6.07, 6.45) is 1.66. The molecule has 0 radical (unpaired) electrons. The highest BCUT2D eigenvalue weighted by molar-refractivity contribution is 6.08. The molecule has 2 heterocycles. The number of H-pyrrole nitrogens is 1. The molecular formula is C24H26FN3O3. The van der Waals surface area contributed by atoms with Gasteiger partial charge >= 0.3 is 0 Å². The largest absolute Gasteiger partial charge is 0.381 e. The molecule has 0 aliphatic carbocycles. The lowest BCUT2D eigenvalue weighted by Gasteiger charge is -2.34. The van der Waals surface area contributed by atoms with Gasteiger partial charge in [0.15, 0.2) is 6.17 Å². The summed E-state index contributed by atoms with van der Waals surface area (Å²) in [6, 6.07) is 11.7. The Morgan fingerprint density at radius 1 is 1.10 bits per heavy atom. The first-order chi connectivity index (χ1) is 14.9. The van der Waals surface area contributed by atoms with Crippen LogP contribution in [0.25, 0.3) is 10.9 Å². The molecule has 1 unspecified atom stereocenters. The summed E-state index contributed by atoms with van der Waals surface area (Å²) in [5.41, 5.74) is 2.06. The number of fused-ring (bicyclic) bond motifs is 1. The Hall–Kier alpha value is -3.19. The number of hydrogen-bond acceptors (Lipinski definition) is 3. The second kappa shape index (κ2) is 8.51. The van der Waals surface area contributed by atoms with Gasteiger partial charge in [0, 0.05) is 54.0 Å². The number of rotatable bonds is 5. The summed E-state index contributed by atoms with van der Waals surface area (Å²) in [5, 5.41) is 6.23. The van der Waals surface area contributed by atoms with Gasteiger partial charge in [-0.25, -0.2) is 4.39 Å². The van der Waals surface area contributed by atoms with Gasteiger partial charge < -0.3 is 20.4 Å². The fraction of sp³-hybridized carbons (Fsp3) is 0.333. The molecular weight excluding hydrogens is 397 g/mol. The molecule has 1 aliphatic heterocycles. The van der Waals surface area contributed by atoms with Crippen molar-refractivity contribution in [2.45, 2.75) is 31.5 Å². The Bertz CT molecular complexity index is 1100. The highest BCUT2D eigenvalue weighted by Crippen LogP contribution is 2.34. The van der Waals surface area contributed by atoms with Gasteiger partial charge in [-0.15, -0.1) is 0 Å². The van der Waals surface area contributed by atoms with Crippen LogP contribution in [0.4, 0.5) is 4.39 Å². The summed E-state index contributed by atoms with van der Waals surface area (Å²) >= 11 is 0. The van der Waals surface area contributed by atoms with Crippen molar-refractivity contribution in [1.29, 1.82) is 0 Å². The maximum Gasteiger partial charge on any atom is 0.253 e. The van der Waals surface area contributed by atoms with Crippen LogP contribution in [0.3, 0.4) is 0 Å². The van der Waals surface area contributed by atoms with E-state index >= 15 is 4.39 Å². The lowest BCUT2D eigenvalue weighted by atomic mass is 9.91. The number of ether oxygens (including phenoxy) is 1. The van der Waals surface area contributed by atoms with Crippen LogP contribution >= 0.6 is 0 Å². The van der Waals surface area contributed by atoms with Gasteiger partial charge in [-0.1, -0.05) is 24.3 Å². The van der Waals surface area contributed by atoms with Gasteiger partial charge in [0.25, 0.3) is 11.8 Å². The topological polar surface area (TPSA) is 83.2 Å². The molecule has 1 aromatic heterocycles. The number of carbonyl (C=O) groups excluding carboxylic acids is 2. The molecule has 31 heavy (non-hydrogen) atoms. The minimum absolute atomic E-state index is 0.227. The van der Waals surface area contributed by atoms with Crippen molar-refractivity contribution >= 4 is 22.7 Å². The molecule has 3 aromatic rings. The van der Waals surface area contributed by atoms with Crippen LogP contribution in [0.2, 0.25) is 0 Å². The van der Waals surface area contributed by atoms with Crippen molar-refractivity contribution in [3.8, 4) is 0 Å². The van der Waals surface area contributed by atoms with E-state index in [2.05, 4.69) is 15.6 Å². The van der Waals surface area contributed by atoms with Gasteiger partial charge in [-0.05, 0) is 43.5 Å². The maximum absolute atomic E-state index is 15.6. The van der Waals surface area contributed by atoms with Crippen LogP contribution in [0.1, 0.15) is 57.8 Å². The van der Waals surface area contributed by atoms with Crippen LogP contribution in [-0.2, 0) is 4.74 Å². The highest BCUT2D eigenvalue weighted by Gasteiger charge is 2.31. The van der Waals surface area contributed by atoms with Gasteiger partial charge in [-0.2, -0.15) is 0 Å². The monoisotopic (exact) mass is 423 g/mol. The van der Waals surface area contributed by atoms with Crippen molar-refractivity contribution in [2.75, 3.05) is 20.3 Å². The van der Waals surface area contributed by atoms with Gasteiger partial charge in [-0.3, -0.25) is 9.59 Å². The predicted molar refractivity (Wildman–Crippen MR) is 117 cm³/mol. The van der Waals surface area contributed by atoms with E-state index in [1.807, 2.05) is 13.0 Å². The third kappa shape index (κ3) is 4.18. The Balaban J connectivity index is 1.66. The maximum atomic E-state index is 15.6. The Labute approximate surface area is 180 Å². The minimum atomic E-state index is -1.44. The van der Waals surface area contributed by atoms with E-state index in [1.165, 1.54) is 0 Å². The molecule has 4 rings (SSSR count). The van der Waals surface area contributed by atoms with Gasteiger partial charge in [0.05, 0.1) is 5.56 Å². The highest BCUT2D eigenvalue weighted by atomic mass is 19.1. The quantitative estimate of drug-likeness (QED) is 0.582. The van der Waals surface area contributed by atoms with Crippen LogP contribution in [0.5, 0.6) is 0 Å². The molecule has 6 nitrogen and oxygen atoms in total. The van der Waals surface area contributed by atoms with Crippen molar-refractivity contribution in [3.05, 3.63) is 70.9 Å². The summed E-state index contributed by atoms with van der Waals surface area (Å²) < 4.78 is 21.0. The first kappa shape index (κ1) is 21.1. The molecule has 0 saturated carbocycles. The third-order valence-corrected chi connectivity index (χ3v) is 5.96. The molecule has 1 saturated heterocycles. The number of aromatic nitrogens is 1. The number of alkyl halides is 1. The lowest BCUT2D eigenvalue weighted by Crippen LogP contribution is -2.49. The van der Waals surface area contributed by atoms with E-state index in [4.69, 9.17) is 4.74 Å². The predicted octanol–water partition coefficient (Wildman–Crippen LogP) is 3.89. The van der Waals surface area contributed by atoms with Crippen LogP contribution in [0.15, 0.2) is 48.7 Å². The zero-order chi connectivity index (χ0) is 22.0. The number of aromatic amines is 1. The van der Waals surface area contributed by atoms with E-state index in [1.54, 1.807) is 49.6 Å². The zero-order valence-electron chi connectivity index (χ0n) is 17.6. The summed E-state index contributed by atoms with van der Waals surface area (Å²) in [6.45, 7) is 3.22. The second-order valence-corrected chi connectivity index (χ2v) is 8.16. The molecule has 162 valence electrons. The molecule has 7 heteroatoms. The normalized spacial score (nSPS) is 16.6. The van der Waals surface area contributed by atoms with Crippen molar-refractivity contribution in [2.24, 2.45) is 0 Å². The zero-order valence-corrected chi connectivity index (χ0v) is 17.6. The first-order valence-electron chi connectivity index (χ1n) is 10.4. The van der Waals surface area contributed by atoms with Crippen molar-refractivity contribution < 1.29 is 18.7 Å². The van der Waals surface area contributed by atoms with Crippen LogP contribution in [0, 0.1) is 0 Å². The molecule has 1 atom stereocenters. The van der Waals surface area contributed by atoms with E-state index in [-0.39, 0.29) is 17.4 Å². The smallest absolute Gasteiger partial charge is 0.253 e. The molecule has 1 aliphatic rings. The fourth-order valence-electron chi connectivity index (χ4n) is 4.02. The Morgan fingerprint density at radius 2 is 1.81 bits per heavy atom. The molecule has 0 bridgehead atoms. The minimum Gasteiger partial charge on any atom is -0.381 e. The third-order valence-electron chi connectivity index (χ3n) is 5.96. The number of halogens is 1. The lowest BCUT2D eigenvalue weighted by molar-refractivity contribution is 0.0423. The summed E-state index contributed by atoms with van der Waals surface area (Å²) in [5.74, 6) is -0.458. The Kier molecular flexibility index (Phi) is 5.78. The number of amides is 2. The summed E-state index contributed by atoms with van der Waals surface area (Å²) in [7, 11) is 1.55. The van der Waals surface area contributed by atoms with E-state index in [0.717, 1.165) is 12.8 Å². The standard InChI is InChI=1S/C24H26FN3O3/c1-24(10-12-31-13-11-24)28-23(30)18-14-27-19-5-3-4-17(20(18)19)21(25)15-6-8-16(9-7-15)22(29)26-2/h3-9,14,21,27H,10-13H2,1-2H3,(H,26,29)(H,28,30). The molecule has 2 amide bonds. The van der Waals surface area contributed by atoms with Gasteiger partial charge in [0.2, 0.25) is 0 Å². The van der Waals surface area contributed by atoms with Gasteiger partial charge in [0.1, 0.15) is 0 Å². The molecule has 0 spiro atoms. The van der Waals surface area contributed by atoms with E-state index < -0.39 is 6.17 Å². The van der Waals surface area contributed by atoms with E-state index in [9.17, 15) is 9.59 Å². The van der Waals surface area contributed by atoms with E-state index in [0.29, 0.717) is 46.4 Å². The molecule has 3 N–H and O–H groups in total. The Morgan fingerprint density at radius 3 is 2.48 bits per heavy atom. The van der Waals surface area contributed by atoms with Crippen molar-refractivity contribution in [3.63, 3.8) is 0 Å². The number of benzene rings is 2. The first-order valence-corrected chi connectivity index (χ1v) is 10.4. The fourth-order valence-corrected chi connectivity index (χ4v) is 4.02. The van der Waals surface area contributed by atoms with Crippen LogP contribution < -0.4 is 10.6 Å². The number of carbonyl (C=O) groups is 2. The second-order valence-electron chi connectivity index (χ2n) is 8.16. The summed E-state index contributed by atoms with van der Waals surface area (Å²) in [4.78, 5) is 28.0. The average molecular weight is 423 g/mol. The van der Waals surface area contributed by atoms with Crippen LogP contribution in [-0.4, -0.2) is 42.6 Å². The number of nitrogens with one attached hydrogen (secondary N) is 3.